The summed E-state index contributed by atoms with van der Waals surface area (Å²) in [4.78, 5) is 13.4. The molecule has 0 saturated heterocycles. The van der Waals surface area contributed by atoms with E-state index in [4.69, 9.17) is 0 Å². The molecular formula is C27H27N5O2. The Morgan fingerprint density at radius 2 is 1.94 bits per heavy atom. The number of hydrogen-bond donors (Lipinski definition) is 1. The van der Waals surface area contributed by atoms with Crippen LogP contribution < -0.4 is 0 Å². The Hall–Kier alpha value is -3.74. The number of nitrogens with zero attached hydrogens (tertiary/aromatic N) is 5. The lowest BCUT2D eigenvalue weighted by Gasteiger charge is -2.23. The number of tetrazole rings is 1. The summed E-state index contributed by atoms with van der Waals surface area (Å²) >= 11 is 0. The first-order chi connectivity index (χ1) is 16.6. The van der Waals surface area contributed by atoms with Crippen LogP contribution in [0.2, 0.25) is 0 Å². The molecule has 0 spiro atoms. The van der Waals surface area contributed by atoms with Crippen LogP contribution >= 0.6 is 0 Å². The zero-order valence-corrected chi connectivity index (χ0v) is 19.2. The highest BCUT2D eigenvalue weighted by atomic mass is 16.4. The average molecular weight is 454 g/mol. The standard InChI is InChI=1S/C27H27N5O2/c1-2-32-29-26(28-30-32)20-14-18-10-6-7-11-21(18)25-24(17-8-4-3-5-9-17)22-13-12-19(27(33)34)15-23(22)31(25)16-20/h6-7,10-13,15-17H,2-5,8-9,14H2,1H3,(H,33,34). The Bertz CT molecular complexity index is 1440. The second-order valence-corrected chi connectivity index (χ2v) is 9.29. The molecule has 2 aliphatic rings. The van der Waals surface area contributed by atoms with E-state index in [9.17, 15) is 9.90 Å². The van der Waals surface area contributed by atoms with Gasteiger partial charge in [-0.15, -0.1) is 10.2 Å². The summed E-state index contributed by atoms with van der Waals surface area (Å²) in [6.07, 6.45) is 8.88. The van der Waals surface area contributed by atoms with Gasteiger partial charge in [-0.1, -0.05) is 49.6 Å². The summed E-state index contributed by atoms with van der Waals surface area (Å²) in [6.45, 7) is 2.64. The van der Waals surface area contributed by atoms with Crippen molar-refractivity contribution in [2.24, 2.45) is 0 Å². The average Bonchev–Trinajstić information content (AvgIpc) is 3.43. The zero-order chi connectivity index (χ0) is 23.2. The number of fused-ring (bicyclic) bond motifs is 5. The van der Waals surface area contributed by atoms with Crippen LogP contribution in [0.4, 0.5) is 0 Å². The predicted octanol–water partition coefficient (Wildman–Crippen LogP) is 5.61. The lowest BCUT2D eigenvalue weighted by atomic mass is 9.81. The van der Waals surface area contributed by atoms with Crippen molar-refractivity contribution >= 4 is 28.6 Å². The van der Waals surface area contributed by atoms with Gasteiger partial charge < -0.3 is 9.67 Å². The minimum atomic E-state index is -0.914. The van der Waals surface area contributed by atoms with Gasteiger partial charge in [-0.05, 0) is 54.2 Å². The highest BCUT2D eigenvalue weighted by Gasteiger charge is 2.29. The van der Waals surface area contributed by atoms with E-state index in [0.29, 0.717) is 30.3 Å². The van der Waals surface area contributed by atoms with Crippen molar-refractivity contribution in [3.63, 3.8) is 0 Å². The van der Waals surface area contributed by atoms with E-state index in [1.807, 2.05) is 19.1 Å². The summed E-state index contributed by atoms with van der Waals surface area (Å²) in [6, 6.07) is 14.1. The topological polar surface area (TPSA) is 85.8 Å². The van der Waals surface area contributed by atoms with Gasteiger partial charge in [0.25, 0.3) is 0 Å². The molecule has 6 rings (SSSR count). The van der Waals surface area contributed by atoms with Crippen LogP contribution in [0, 0.1) is 0 Å². The molecule has 1 aliphatic carbocycles. The van der Waals surface area contributed by atoms with Gasteiger partial charge in [-0.2, -0.15) is 4.80 Å². The third-order valence-corrected chi connectivity index (χ3v) is 7.27. The van der Waals surface area contributed by atoms with Crippen LogP contribution in [-0.4, -0.2) is 35.9 Å². The van der Waals surface area contributed by atoms with Crippen LogP contribution in [0.15, 0.2) is 42.5 Å². The van der Waals surface area contributed by atoms with E-state index in [0.717, 1.165) is 29.3 Å². The van der Waals surface area contributed by atoms with Crippen LogP contribution in [-0.2, 0) is 13.0 Å². The van der Waals surface area contributed by atoms with Gasteiger partial charge in [0.2, 0.25) is 5.82 Å². The molecule has 172 valence electrons. The minimum absolute atomic E-state index is 0.297. The van der Waals surface area contributed by atoms with Crippen molar-refractivity contribution in [2.75, 3.05) is 0 Å². The quantitative estimate of drug-likeness (QED) is 0.434. The molecular weight excluding hydrogens is 426 g/mol. The Morgan fingerprint density at radius 1 is 1.12 bits per heavy atom. The van der Waals surface area contributed by atoms with Gasteiger partial charge in [0.15, 0.2) is 0 Å². The normalized spacial score (nSPS) is 16.1. The monoisotopic (exact) mass is 453 g/mol. The lowest BCUT2D eigenvalue weighted by Crippen LogP contribution is -2.06. The highest BCUT2D eigenvalue weighted by Crippen LogP contribution is 2.47. The molecule has 0 radical (unpaired) electrons. The Kier molecular flexibility index (Phi) is 5.05. The van der Waals surface area contributed by atoms with E-state index >= 15 is 0 Å². The van der Waals surface area contributed by atoms with Crippen LogP contribution in [0.5, 0.6) is 0 Å². The first-order valence-electron chi connectivity index (χ1n) is 12.1. The molecule has 0 atom stereocenters. The first-order valence-corrected chi connectivity index (χ1v) is 12.1. The smallest absolute Gasteiger partial charge is 0.335 e. The molecule has 4 aromatic rings. The number of hydrogen-bond acceptors (Lipinski definition) is 4. The number of carbonyl (C=O) groups is 1. The van der Waals surface area contributed by atoms with Gasteiger partial charge in [0.05, 0.1) is 23.3 Å². The summed E-state index contributed by atoms with van der Waals surface area (Å²) in [5.41, 5.74) is 7.14. The van der Waals surface area contributed by atoms with Crippen molar-refractivity contribution in [3.05, 3.63) is 65.0 Å². The molecule has 1 N–H and O–H groups in total. The zero-order valence-electron chi connectivity index (χ0n) is 19.2. The number of allylic oxidation sites excluding steroid dienone is 1. The van der Waals surface area contributed by atoms with Gasteiger partial charge in [-0.25, -0.2) is 4.79 Å². The molecule has 0 bridgehead atoms. The number of aryl methyl sites for hydroxylation is 1. The van der Waals surface area contributed by atoms with Crippen molar-refractivity contribution < 1.29 is 9.90 Å². The molecule has 7 heteroatoms. The maximum Gasteiger partial charge on any atom is 0.335 e. The fourth-order valence-electron chi connectivity index (χ4n) is 5.64. The predicted molar refractivity (Wildman–Crippen MR) is 132 cm³/mol. The summed E-state index contributed by atoms with van der Waals surface area (Å²) < 4.78 is 2.19. The van der Waals surface area contributed by atoms with Crippen molar-refractivity contribution in [1.82, 2.24) is 24.8 Å². The van der Waals surface area contributed by atoms with E-state index in [2.05, 4.69) is 50.4 Å². The number of carboxylic acids is 1. The van der Waals surface area contributed by atoms with E-state index in [1.165, 1.54) is 41.6 Å². The van der Waals surface area contributed by atoms with Crippen LogP contribution in [0.3, 0.4) is 0 Å². The van der Waals surface area contributed by atoms with Gasteiger partial charge in [0.1, 0.15) is 0 Å². The Morgan fingerprint density at radius 3 is 2.71 bits per heavy atom. The lowest BCUT2D eigenvalue weighted by molar-refractivity contribution is 0.0697. The van der Waals surface area contributed by atoms with E-state index < -0.39 is 5.97 Å². The van der Waals surface area contributed by atoms with Crippen molar-refractivity contribution in [1.29, 1.82) is 0 Å². The van der Waals surface area contributed by atoms with Gasteiger partial charge >= 0.3 is 5.97 Å². The largest absolute Gasteiger partial charge is 0.478 e. The van der Waals surface area contributed by atoms with Gasteiger partial charge in [0, 0.05) is 29.1 Å². The second-order valence-electron chi connectivity index (χ2n) is 9.29. The fourth-order valence-corrected chi connectivity index (χ4v) is 5.64. The first kappa shape index (κ1) is 20.8. The number of aromatic carboxylic acids is 1. The Balaban J connectivity index is 1.69. The number of rotatable bonds is 4. The maximum atomic E-state index is 11.9. The SMILES string of the molecule is CCn1nnc(C2=Cn3c(c(C4CCCCC4)c4ccc(C(=O)O)cc43)-c3ccccc3C2)n1. The molecule has 3 heterocycles. The second kappa shape index (κ2) is 8.24. The number of carboxylic acid groups (broad SMARTS) is 1. The number of aromatic nitrogens is 5. The van der Waals surface area contributed by atoms with Crippen molar-refractivity contribution in [3.8, 4) is 11.3 Å². The molecule has 0 unspecified atom stereocenters. The van der Waals surface area contributed by atoms with Crippen LogP contribution in [0.25, 0.3) is 33.9 Å². The summed E-state index contributed by atoms with van der Waals surface area (Å²) in [5, 5.41) is 24.0. The van der Waals surface area contributed by atoms with Gasteiger partial charge in [-0.3, -0.25) is 0 Å². The summed E-state index contributed by atoms with van der Waals surface area (Å²) in [7, 11) is 0. The molecule has 0 amide bonds. The minimum Gasteiger partial charge on any atom is -0.478 e. The number of benzene rings is 2. The fraction of sp³-hybridized carbons (Fsp3) is 0.333. The Labute approximate surface area is 197 Å². The maximum absolute atomic E-state index is 11.9. The highest BCUT2D eigenvalue weighted by molar-refractivity contribution is 6.01. The molecule has 1 fully saturated rings. The molecule has 7 nitrogen and oxygen atoms in total. The molecule has 1 saturated carbocycles. The molecule has 34 heavy (non-hydrogen) atoms. The molecule has 2 aromatic heterocycles. The van der Waals surface area contributed by atoms with E-state index in [-0.39, 0.29) is 0 Å². The molecule has 1 aliphatic heterocycles. The van der Waals surface area contributed by atoms with Crippen LogP contribution in [0.1, 0.15) is 72.3 Å². The summed E-state index contributed by atoms with van der Waals surface area (Å²) in [5.74, 6) is 0.160. The third kappa shape index (κ3) is 3.34. The molecule has 2 aromatic carbocycles. The van der Waals surface area contributed by atoms with Crippen molar-refractivity contribution in [2.45, 2.75) is 57.9 Å². The third-order valence-electron chi connectivity index (χ3n) is 7.27. The van der Waals surface area contributed by atoms with E-state index in [1.54, 1.807) is 10.9 Å².